The third kappa shape index (κ3) is 3.47. The van der Waals surface area contributed by atoms with Gasteiger partial charge in [0.25, 0.3) is 17.5 Å². The van der Waals surface area contributed by atoms with Crippen molar-refractivity contribution < 1.29 is 24.4 Å². The van der Waals surface area contributed by atoms with Gasteiger partial charge in [-0.3, -0.25) is 29.4 Å². The zero-order valence-electron chi connectivity index (χ0n) is 14.3. The normalized spacial score (nSPS) is 12.9. The second-order valence-corrected chi connectivity index (χ2v) is 6.07. The minimum atomic E-state index is -0.676. The molecule has 9 nitrogen and oxygen atoms in total. The number of hydrogen-bond acceptors (Lipinski definition) is 6. The molecular weight excluding hydrogens is 354 g/mol. The molecule has 0 aromatic heterocycles. The number of benzene rings is 2. The maximum absolute atomic E-state index is 12.4. The first kappa shape index (κ1) is 18.1. The van der Waals surface area contributed by atoms with Gasteiger partial charge in [-0.15, -0.1) is 0 Å². The summed E-state index contributed by atoms with van der Waals surface area (Å²) in [4.78, 5) is 47.8. The lowest BCUT2D eigenvalue weighted by Gasteiger charge is -2.14. The second-order valence-electron chi connectivity index (χ2n) is 6.07. The highest BCUT2D eigenvalue weighted by Gasteiger charge is 2.36. The molecule has 27 heavy (non-hydrogen) atoms. The predicted molar refractivity (Wildman–Crippen MR) is 94.6 cm³/mol. The summed E-state index contributed by atoms with van der Waals surface area (Å²) in [6.45, 7) is 1.61. The molecule has 0 unspecified atom stereocenters. The zero-order chi connectivity index (χ0) is 19.7. The molecule has 1 heterocycles. The monoisotopic (exact) mass is 369 g/mol. The van der Waals surface area contributed by atoms with Crippen LogP contribution in [0.5, 0.6) is 5.75 Å². The fourth-order valence-corrected chi connectivity index (χ4v) is 2.77. The van der Waals surface area contributed by atoms with E-state index in [4.69, 9.17) is 0 Å². The van der Waals surface area contributed by atoms with Crippen molar-refractivity contribution in [3.05, 3.63) is 63.2 Å². The highest BCUT2D eigenvalue weighted by molar-refractivity contribution is 6.21. The molecule has 1 aliphatic heterocycles. The fourth-order valence-electron chi connectivity index (χ4n) is 2.77. The van der Waals surface area contributed by atoms with Gasteiger partial charge in [0.15, 0.2) is 0 Å². The standard InChI is InChI=1S/C18H15N3O6/c1-10-2-5-14(15(22)8-10)19-16(23)6-7-20-17(24)12-4-3-11(21(26)27)9-13(12)18(20)25/h2-5,8-9,22H,6-7H2,1H3,(H,19,23). The first-order valence-electron chi connectivity index (χ1n) is 8.02. The Morgan fingerprint density at radius 1 is 1.15 bits per heavy atom. The summed E-state index contributed by atoms with van der Waals surface area (Å²) in [5, 5.41) is 23.1. The van der Waals surface area contributed by atoms with E-state index < -0.39 is 22.6 Å². The number of carbonyl (C=O) groups excluding carboxylic acids is 3. The van der Waals surface area contributed by atoms with E-state index in [1.165, 1.54) is 12.1 Å². The summed E-state index contributed by atoms with van der Waals surface area (Å²) < 4.78 is 0. The maximum atomic E-state index is 12.4. The highest BCUT2D eigenvalue weighted by atomic mass is 16.6. The summed E-state index contributed by atoms with van der Waals surface area (Å²) in [7, 11) is 0. The van der Waals surface area contributed by atoms with Crippen LogP contribution in [0.25, 0.3) is 0 Å². The molecule has 0 aliphatic carbocycles. The molecule has 0 fully saturated rings. The van der Waals surface area contributed by atoms with Crippen LogP contribution < -0.4 is 5.32 Å². The molecule has 0 radical (unpaired) electrons. The number of nitro groups is 1. The molecular formula is C18H15N3O6. The Hall–Kier alpha value is -3.75. The lowest BCUT2D eigenvalue weighted by atomic mass is 10.1. The minimum absolute atomic E-state index is 0.0502. The van der Waals surface area contributed by atoms with Crippen molar-refractivity contribution in [3.63, 3.8) is 0 Å². The van der Waals surface area contributed by atoms with Crippen LogP contribution in [0.4, 0.5) is 11.4 Å². The fraction of sp³-hybridized carbons (Fsp3) is 0.167. The Morgan fingerprint density at radius 3 is 2.52 bits per heavy atom. The van der Waals surface area contributed by atoms with Gasteiger partial charge in [-0.25, -0.2) is 0 Å². The van der Waals surface area contributed by atoms with E-state index in [0.29, 0.717) is 0 Å². The van der Waals surface area contributed by atoms with Gasteiger partial charge in [0, 0.05) is 25.1 Å². The van der Waals surface area contributed by atoms with Crippen molar-refractivity contribution in [1.29, 1.82) is 0 Å². The molecule has 0 bridgehead atoms. The molecule has 3 rings (SSSR count). The van der Waals surface area contributed by atoms with Crippen LogP contribution in [0.1, 0.15) is 32.7 Å². The topological polar surface area (TPSA) is 130 Å². The number of nitrogens with one attached hydrogen (secondary N) is 1. The van der Waals surface area contributed by atoms with Gasteiger partial charge in [0.2, 0.25) is 5.91 Å². The molecule has 3 amide bonds. The number of anilines is 1. The van der Waals surface area contributed by atoms with Gasteiger partial charge in [-0.05, 0) is 30.7 Å². The first-order chi connectivity index (χ1) is 12.8. The molecule has 0 spiro atoms. The molecule has 0 atom stereocenters. The van der Waals surface area contributed by atoms with Gasteiger partial charge >= 0.3 is 0 Å². The average molecular weight is 369 g/mol. The number of carbonyl (C=O) groups is 3. The van der Waals surface area contributed by atoms with E-state index in [2.05, 4.69) is 5.32 Å². The number of aromatic hydroxyl groups is 1. The van der Waals surface area contributed by atoms with Gasteiger partial charge < -0.3 is 10.4 Å². The highest BCUT2D eigenvalue weighted by Crippen LogP contribution is 2.27. The molecule has 0 saturated carbocycles. The number of rotatable bonds is 5. The molecule has 138 valence electrons. The van der Waals surface area contributed by atoms with Crippen LogP contribution in [0.3, 0.4) is 0 Å². The summed E-state index contributed by atoms with van der Waals surface area (Å²) >= 11 is 0. The Morgan fingerprint density at radius 2 is 1.85 bits per heavy atom. The predicted octanol–water partition coefficient (Wildman–Crippen LogP) is 2.23. The number of phenolic OH excluding ortho intramolecular Hbond substituents is 1. The number of aryl methyl sites for hydroxylation is 1. The van der Waals surface area contributed by atoms with Crippen LogP contribution in [0.15, 0.2) is 36.4 Å². The van der Waals surface area contributed by atoms with Gasteiger partial charge in [-0.1, -0.05) is 6.07 Å². The first-order valence-corrected chi connectivity index (χ1v) is 8.02. The summed E-state index contributed by atoms with van der Waals surface area (Å²) in [6, 6.07) is 8.20. The summed E-state index contributed by atoms with van der Waals surface area (Å²) in [6.07, 6.45) is -0.180. The smallest absolute Gasteiger partial charge is 0.270 e. The molecule has 2 aromatic rings. The number of phenols is 1. The molecule has 9 heteroatoms. The third-order valence-corrected chi connectivity index (χ3v) is 4.15. The summed E-state index contributed by atoms with van der Waals surface area (Å²) in [5.41, 5.74) is 0.784. The lowest BCUT2D eigenvalue weighted by molar-refractivity contribution is -0.384. The van der Waals surface area contributed by atoms with Crippen LogP contribution >= 0.6 is 0 Å². The number of hydrogen-bond donors (Lipinski definition) is 2. The SMILES string of the molecule is Cc1ccc(NC(=O)CCN2C(=O)c3ccc([N+](=O)[O-])cc3C2=O)c(O)c1. The Labute approximate surface area is 153 Å². The van der Waals surface area contributed by atoms with E-state index in [1.807, 2.05) is 0 Å². The van der Waals surface area contributed by atoms with Gasteiger partial charge in [0.05, 0.1) is 21.7 Å². The van der Waals surface area contributed by atoms with Crippen molar-refractivity contribution in [3.8, 4) is 5.75 Å². The summed E-state index contributed by atoms with van der Waals surface area (Å²) in [5.74, 6) is -1.85. The quantitative estimate of drug-likeness (QED) is 0.360. The van der Waals surface area contributed by atoms with Crippen LogP contribution in [-0.4, -0.2) is 39.2 Å². The van der Waals surface area contributed by atoms with Gasteiger partial charge in [0.1, 0.15) is 5.75 Å². The van der Waals surface area contributed by atoms with Crippen LogP contribution in [0, 0.1) is 17.0 Å². The van der Waals surface area contributed by atoms with Crippen molar-refractivity contribution in [2.75, 3.05) is 11.9 Å². The number of amides is 3. The Balaban J connectivity index is 1.67. The Bertz CT molecular complexity index is 985. The van der Waals surface area contributed by atoms with Crippen LogP contribution in [-0.2, 0) is 4.79 Å². The van der Waals surface area contributed by atoms with E-state index in [-0.39, 0.29) is 41.2 Å². The largest absolute Gasteiger partial charge is 0.506 e. The molecule has 2 aromatic carbocycles. The average Bonchev–Trinajstić information content (AvgIpc) is 2.86. The second kappa shape index (κ2) is 6.87. The number of imide groups is 1. The number of non-ortho nitro benzene ring substituents is 1. The number of fused-ring (bicyclic) bond motifs is 1. The Kier molecular flexibility index (Phi) is 4.59. The number of nitrogens with zero attached hydrogens (tertiary/aromatic N) is 2. The molecule has 1 aliphatic rings. The van der Waals surface area contributed by atoms with E-state index in [1.54, 1.807) is 19.1 Å². The van der Waals surface area contributed by atoms with E-state index in [0.717, 1.165) is 22.6 Å². The van der Waals surface area contributed by atoms with E-state index >= 15 is 0 Å². The van der Waals surface area contributed by atoms with E-state index in [9.17, 15) is 29.6 Å². The van der Waals surface area contributed by atoms with Crippen LogP contribution in [0.2, 0.25) is 0 Å². The lowest BCUT2D eigenvalue weighted by Crippen LogP contribution is -2.32. The zero-order valence-corrected chi connectivity index (χ0v) is 14.3. The minimum Gasteiger partial charge on any atom is -0.506 e. The maximum Gasteiger partial charge on any atom is 0.270 e. The van der Waals surface area contributed by atoms with Crippen molar-refractivity contribution in [2.45, 2.75) is 13.3 Å². The van der Waals surface area contributed by atoms with Gasteiger partial charge in [-0.2, -0.15) is 0 Å². The van der Waals surface area contributed by atoms with Crippen molar-refractivity contribution in [1.82, 2.24) is 4.90 Å². The van der Waals surface area contributed by atoms with Crippen molar-refractivity contribution in [2.24, 2.45) is 0 Å². The number of nitro benzene ring substituents is 1. The molecule has 2 N–H and O–H groups in total. The third-order valence-electron chi connectivity index (χ3n) is 4.15. The molecule has 0 saturated heterocycles. The van der Waals surface area contributed by atoms with Crippen molar-refractivity contribution >= 4 is 29.1 Å².